The monoisotopic (exact) mass is 367 g/mol. The Labute approximate surface area is 152 Å². The zero-order valence-electron chi connectivity index (χ0n) is 14.8. The van der Waals surface area contributed by atoms with Crippen LogP contribution in [0.15, 0.2) is 24.3 Å². The molecule has 0 radical (unpaired) electrons. The third kappa shape index (κ3) is 4.40. The first-order valence-corrected chi connectivity index (χ1v) is 9.03. The number of halogens is 1. The molecule has 2 aliphatic heterocycles. The minimum atomic E-state index is -1.35. The van der Waals surface area contributed by atoms with Crippen LogP contribution in [-0.4, -0.2) is 73.2 Å². The highest BCUT2D eigenvalue weighted by Crippen LogP contribution is 2.35. The van der Waals surface area contributed by atoms with Crippen LogP contribution in [-0.2, 0) is 20.7 Å². The van der Waals surface area contributed by atoms with Crippen molar-refractivity contribution in [3.05, 3.63) is 35.6 Å². The molecular weight excluding hydrogens is 341 g/mol. The minimum absolute atomic E-state index is 0.0927. The number of nitrogens with zero attached hydrogens (tertiary/aromatic N) is 1. The maximum atomic E-state index is 13.5. The Bertz CT molecular complexity index is 620. The molecule has 26 heavy (non-hydrogen) atoms. The number of carbonyl (C=O) groups is 1. The lowest BCUT2D eigenvalue weighted by Crippen LogP contribution is -2.58. The van der Waals surface area contributed by atoms with Gasteiger partial charge in [-0.05, 0) is 30.5 Å². The molecule has 6 nitrogen and oxygen atoms in total. The van der Waals surface area contributed by atoms with E-state index in [2.05, 4.69) is 4.90 Å². The molecular formula is C19H26FNO5. The molecule has 2 atom stereocenters. The van der Waals surface area contributed by atoms with Crippen LogP contribution in [0.1, 0.15) is 12.0 Å². The molecule has 1 aromatic carbocycles. The van der Waals surface area contributed by atoms with Gasteiger partial charge in [-0.2, -0.15) is 0 Å². The summed E-state index contributed by atoms with van der Waals surface area (Å²) < 4.78 is 24.6. The molecule has 2 fully saturated rings. The van der Waals surface area contributed by atoms with Crippen LogP contribution in [0.4, 0.5) is 4.39 Å². The Balaban J connectivity index is 1.75. The summed E-state index contributed by atoms with van der Waals surface area (Å²) in [6.45, 7) is 3.82. The lowest BCUT2D eigenvalue weighted by atomic mass is 9.72. The number of aliphatic hydroxyl groups is 1. The Hall–Kier alpha value is -1.54. The molecule has 0 unspecified atom stereocenters. The molecule has 0 bridgehead atoms. The van der Waals surface area contributed by atoms with Crippen LogP contribution in [0, 0.1) is 17.2 Å². The number of aliphatic carboxylic acids is 1. The second-order valence-corrected chi connectivity index (χ2v) is 7.32. The predicted molar refractivity (Wildman–Crippen MR) is 92.4 cm³/mol. The number of carboxylic acid groups (broad SMARTS) is 1. The molecule has 2 aliphatic rings. The van der Waals surface area contributed by atoms with Crippen molar-refractivity contribution in [1.82, 2.24) is 4.90 Å². The van der Waals surface area contributed by atoms with Crippen LogP contribution in [0.3, 0.4) is 0 Å². The highest BCUT2D eigenvalue weighted by atomic mass is 19.1. The van der Waals surface area contributed by atoms with E-state index >= 15 is 0 Å². The van der Waals surface area contributed by atoms with Crippen molar-refractivity contribution in [1.29, 1.82) is 0 Å². The number of likely N-dealkylation sites (tertiary alicyclic amines) is 1. The summed E-state index contributed by atoms with van der Waals surface area (Å²) in [4.78, 5) is 14.2. The van der Waals surface area contributed by atoms with Crippen molar-refractivity contribution in [2.45, 2.75) is 18.9 Å². The van der Waals surface area contributed by atoms with Crippen LogP contribution in [0.5, 0.6) is 0 Å². The number of hydrogen-bond acceptors (Lipinski definition) is 5. The second kappa shape index (κ2) is 8.43. The molecule has 0 aromatic heterocycles. The number of rotatable bonds is 5. The van der Waals surface area contributed by atoms with Crippen LogP contribution in [0.25, 0.3) is 0 Å². The average molecular weight is 367 g/mol. The predicted octanol–water partition coefficient (Wildman–Crippen LogP) is 1.17. The summed E-state index contributed by atoms with van der Waals surface area (Å²) in [5.41, 5.74) is -0.771. The van der Waals surface area contributed by atoms with Crippen LogP contribution >= 0.6 is 0 Å². The lowest BCUT2D eigenvalue weighted by molar-refractivity contribution is -0.163. The Morgan fingerprint density at radius 2 is 2.04 bits per heavy atom. The molecule has 2 heterocycles. The van der Waals surface area contributed by atoms with Crippen LogP contribution in [0.2, 0.25) is 0 Å². The average Bonchev–Trinajstić information content (AvgIpc) is 2.86. The number of carboxylic acids is 1. The van der Waals surface area contributed by atoms with E-state index in [1.807, 2.05) is 0 Å². The van der Waals surface area contributed by atoms with Crippen LogP contribution < -0.4 is 0 Å². The summed E-state index contributed by atoms with van der Waals surface area (Å²) in [6, 6.07) is 5.93. The molecule has 7 heteroatoms. The molecule has 2 N–H and O–H groups in total. The summed E-state index contributed by atoms with van der Waals surface area (Å²) in [6.07, 6.45) is -0.507. The van der Waals surface area contributed by atoms with Gasteiger partial charge in [-0.15, -0.1) is 0 Å². The Kier molecular flexibility index (Phi) is 6.24. The number of benzene rings is 1. The van der Waals surface area contributed by atoms with Gasteiger partial charge in [0.05, 0.1) is 32.5 Å². The van der Waals surface area contributed by atoms with Gasteiger partial charge in [-0.1, -0.05) is 12.1 Å². The third-order valence-electron chi connectivity index (χ3n) is 5.29. The van der Waals surface area contributed by atoms with Gasteiger partial charge in [0.2, 0.25) is 0 Å². The summed E-state index contributed by atoms with van der Waals surface area (Å²) in [7, 11) is 0. The smallest absolute Gasteiger partial charge is 0.313 e. The maximum absolute atomic E-state index is 13.5. The quantitative estimate of drug-likeness (QED) is 0.813. The molecule has 0 aliphatic carbocycles. The molecule has 3 rings (SSSR count). The highest BCUT2D eigenvalue weighted by Gasteiger charge is 2.49. The van der Waals surface area contributed by atoms with Crippen molar-refractivity contribution < 1.29 is 28.9 Å². The maximum Gasteiger partial charge on any atom is 0.313 e. The third-order valence-corrected chi connectivity index (χ3v) is 5.29. The van der Waals surface area contributed by atoms with Gasteiger partial charge in [0, 0.05) is 25.6 Å². The van der Waals surface area contributed by atoms with E-state index in [1.165, 1.54) is 12.1 Å². The molecule has 0 saturated carbocycles. The van der Waals surface area contributed by atoms with E-state index in [-0.39, 0.29) is 18.9 Å². The molecule has 144 valence electrons. The normalized spacial score (nSPS) is 28.6. The van der Waals surface area contributed by atoms with Crippen molar-refractivity contribution in [2.24, 2.45) is 11.3 Å². The van der Waals surface area contributed by atoms with Crippen molar-refractivity contribution in [2.75, 3.05) is 46.1 Å². The first-order chi connectivity index (χ1) is 12.5. The van der Waals surface area contributed by atoms with E-state index < -0.39 is 23.3 Å². The molecule has 0 amide bonds. The zero-order chi connectivity index (χ0) is 18.6. The zero-order valence-corrected chi connectivity index (χ0v) is 14.8. The Morgan fingerprint density at radius 3 is 2.69 bits per heavy atom. The second-order valence-electron chi connectivity index (χ2n) is 7.32. The Morgan fingerprint density at radius 1 is 1.31 bits per heavy atom. The van der Waals surface area contributed by atoms with Gasteiger partial charge in [-0.25, -0.2) is 4.39 Å². The largest absolute Gasteiger partial charge is 0.481 e. The van der Waals surface area contributed by atoms with Gasteiger partial charge >= 0.3 is 5.97 Å². The fourth-order valence-corrected chi connectivity index (χ4v) is 3.93. The van der Waals surface area contributed by atoms with Crippen molar-refractivity contribution in [3.8, 4) is 0 Å². The van der Waals surface area contributed by atoms with E-state index in [4.69, 9.17) is 9.47 Å². The molecule has 2 saturated heterocycles. The minimum Gasteiger partial charge on any atom is -0.481 e. The van der Waals surface area contributed by atoms with E-state index in [0.717, 1.165) is 0 Å². The van der Waals surface area contributed by atoms with E-state index in [9.17, 15) is 19.4 Å². The standard InChI is InChI=1S/C19H26FNO5/c20-16-3-1-2-14(8-16)9-19(18(23)24)13-21(5-4-17(19)22)10-15-11-25-6-7-26-12-15/h1-3,8,15,17,22H,4-7,9-13H2,(H,23,24)/t17-,19-/m1/s1. The topological polar surface area (TPSA) is 79.2 Å². The lowest BCUT2D eigenvalue weighted by Gasteiger charge is -2.44. The van der Waals surface area contributed by atoms with Crippen molar-refractivity contribution in [3.63, 3.8) is 0 Å². The SMILES string of the molecule is O=C(O)[C@]1(Cc2cccc(F)c2)CN(CC2COCCOC2)CC[C@H]1O. The van der Waals surface area contributed by atoms with Gasteiger partial charge in [-0.3, -0.25) is 4.79 Å². The summed E-state index contributed by atoms with van der Waals surface area (Å²) in [5, 5.41) is 20.5. The molecule has 1 aromatic rings. The highest BCUT2D eigenvalue weighted by molar-refractivity contribution is 5.76. The van der Waals surface area contributed by atoms with Gasteiger partial charge in [0.25, 0.3) is 0 Å². The molecule has 0 spiro atoms. The van der Waals surface area contributed by atoms with Gasteiger partial charge in [0.15, 0.2) is 0 Å². The number of ether oxygens (including phenoxy) is 2. The summed E-state index contributed by atoms with van der Waals surface area (Å²) in [5.74, 6) is -1.28. The first kappa shape index (κ1) is 19.2. The fourth-order valence-electron chi connectivity index (χ4n) is 3.93. The summed E-state index contributed by atoms with van der Waals surface area (Å²) >= 11 is 0. The van der Waals surface area contributed by atoms with E-state index in [0.29, 0.717) is 51.5 Å². The van der Waals surface area contributed by atoms with Gasteiger partial charge in [0.1, 0.15) is 11.2 Å². The van der Waals surface area contributed by atoms with Gasteiger partial charge < -0.3 is 24.6 Å². The first-order valence-electron chi connectivity index (χ1n) is 9.03. The van der Waals surface area contributed by atoms with E-state index in [1.54, 1.807) is 12.1 Å². The number of hydrogen-bond donors (Lipinski definition) is 2. The van der Waals surface area contributed by atoms with Crippen molar-refractivity contribution >= 4 is 5.97 Å². The fraction of sp³-hybridized carbons (Fsp3) is 0.632. The number of aliphatic hydroxyl groups excluding tert-OH is 1. The number of piperidine rings is 1.